The van der Waals surface area contributed by atoms with Crippen LogP contribution in [0.1, 0.15) is 0 Å². The first-order valence-corrected chi connectivity index (χ1v) is 6.42. The van der Waals surface area contributed by atoms with Crippen molar-refractivity contribution in [1.82, 2.24) is 4.90 Å². The molecule has 1 aromatic carbocycles. The fourth-order valence-corrected chi connectivity index (χ4v) is 1.61. The molecule has 20 heavy (non-hydrogen) atoms. The number of nitrogens with two attached hydrogens (primary N) is 1. The van der Waals surface area contributed by atoms with Gasteiger partial charge in [0.15, 0.2) is 6.61 Å². The normalized spacial score (nSPS) is 10.3. The van der Waals surface area contributed by atoms with Crippen molar-refractivity contribution in [3.63, 3.8) is 0 Å². The fourth-order valence-electron chi connectivity index (χ4n) is 1.61. The lowest BCUT2D eigenvalue weighted by atomic mass is 10.3. The molecule has 0 aromatic heterocycles. The van der Waals surface area contributed by atoms with Crippen LogP contribution in [0.15, 0.2) is 24.3 Å². The van der Waals surface area contributed by atoms with Crippen LogP contribution in [0.3, 0.4) is 0 Å². The van der Waals surface area contributed by atoms with Gasteiger partial charge in [-0.3, -0.25) is 4.79 Å². The Balaban J connectivity index is 2.50. The molecule has 0 saturated carbocycles. The quantitative estimate of drug-likeness (QED) is 0.677. The van der Waals surface area contributed by atoms with E-state index in [1.165, 1.54) is 0 Å². The van der Waals surface area contributed by atoms with Crippen LogP contribution in [0.2, 0.25) is 0 Å². The maximum atomic E-state index is 12.1. The van der Waals surface area contributed by atoms with E-state index in [9.17, 15) is 4.79 Å². The number of carbonyl (C=O) groups is 1. The summed E-state index contributed by atoms with van der Waals surface area (Å²) in [6.45, 7) is 1.91. The fraction of sp³-hybridized carbons (Fsp3) is 0.500. The van der Waals surface area contributed by atoms with Gasteiger partial charge in [-0.2, -0.15) is 0 Å². The lowest BCUT2D eigenvalue weighted by molar-refractivity contribution is -0.134. The van der Waals surface area contributed by atoms with E-state index in [0.717, 1.165) is 0 Å². The van der Waals surface area contributed by atoms with Crippen LogP contribution in [-0.4, -0.2) is 57.9 Å². The standard InChI is InChI=1S/C14H22N2O4/c1-18-9-7-16(8-10-19-2)14(17)11-20-13-6-4-3-5-12(13)15/h3-6H,7-11,15H2,1-2H3. The Kier molecular flexibility index (Phi) is 7.46. The van der Waals surface area contributed by atoms with Crippen molar-refractivity contribution in [1.29, 1.82) is 0 Å². The zero-order valence-electron chi connectivity index (χ0n) is 12.0. The zero-order chi connectivity index (χ0) is 14.8. The monoisotopic (exact) mass is 282 g/mol. The first-order valence-electron chi connectivity index (χ1n) is 6.42. The van der Waals surface area contributed by atoms with Gasteiger partial charge in [-0.1, -0.05) is 12.1 Å². The highest BCUT2D eigenvalue weighted by Gasteiger charge is 2.14. The molecular weight excluding hydrogens is 260 g/mol. The third-order valence-electron chi connectivity index (χ3n) is 2.75. The van der Waals surface area contributed by atoms with Crippen molar-refractivity contribution < 1.29 is 19.0 Å². The summed E-state index contributed by atoms with van der Waals surface area (Å²) in [4.78, 5) is 13.7. The molecule has 6 nitrogen and oxygen atoms in total. The lowest BCUT2D eigenvalue weighted by Crippen LogP contribution is -2.39. The lowest BCUT2D eigenvalue weighted by Gasteiger charge is -2.22. The maximum Gasteiger partial charge on any atom is 0.260 e. The van der Waals surface area contributed by atoms with Crippen molar-refractivity contribution in [2.75, 3.05) is 52.9 Å². The predicted molar refractivity (Wildman–Crippen MR) is 76.7 cm³/mol. The molecular formula is C14H22N2O4. The molecule has 0 fully saturated rings. The molecule has 112 valence electrons. The van der Waals surface area contributed by atoms with Gasteiger partial charge in [0.25, 0.3) is 5.91 Å². The van der Waals surface area contributed by atoms with Gasteiger partial charge in [-0.25, -0.2) is 0 Å². The molecule has 0 saturated heterocycles. The molecule has 1 rings (SSSR count). The van der Waals surface area contributed by atoms with Gasteiger partial charge in [0.05, 0.1) is 18.9 Å². The highest BCUT2D eigenvalue weighted by atomic mass is 16.5. The van der Waals surface area contributed by atoms with Gasteiger partial charge >= 0.3 is 0 Å². The Morgan fingerprint density at radius 1 is 1.15 bits per heavy atom. The SMILES string of the molecule is COCCN(CCOC)C(=O)COc1ccccc1N. The summed E-state index contributed by atoms with van der Waals surface area (Å²) in [6.07, 6.45) is 0. The molecule has 0 radical (unpaired) electrons. The van der Waals surface area contributed by atoms with Crippen molar-refractivity contribution in [2.24, 2.45) is 0 Å². The van der Waals surface area contributed by atoms with Crippen molar-refractivity contribution >= 4 is 11.6 Å². The van der Waals surface area contributed by atoms with Gasteiger partial charge in [0.2, 0.25) is 0 Å². The topological polar surface area (TPSA) is 74.0 Å². The van der Waals surface area contributed by atoms with E-state index in [1.54, 1.807) is 31.3 Å². The molecule has 0 bridgehead atoms. The minimum absolute atomic E-state index is 0.0539. The summed E-state index contributed by atoms with van der Waals surface area (Å²) >= 11 is 0. The Hall–Kier alpha value is -1.79. The van der Waals surface area contributed by atoms with Crippen molar-refractivity contribution in [3.8, 4) is 5.75 Å². The molecule has 0 heterocycles. The molecule has 0 aliphatic carbocycles. The van der Waals surface area contributed by atoms with Crippen molar-refractivity contribution in [2.45, 2.75) is 0 Å². The van der Waals surface area contributed by atoms with Gasteiger partial charge in [0.1, 0.15) is 5.75 Å². The van der Waals surface area contributed by atoms with Crippen LogP contribution in [0.5, 0.6) is 5.75 Å². The number of anilines is 1. The van der Waals surface area contributed by atoms with E-state index >= 15 is 0 Å². The zero-order valence-corrected chi connectivity index (χ0v) is 12.0. The van der Waals surface area contributed by atoms with Crippen molar-refractivity contribution in [3.05, 3.63) is 24.3 Å². The molecule has 2 N–H and O–H groups in total. The van der Waals surface area contributed by atoms with Gasteiger partial charge in [-0.15, -0.1) is 0 Å². The van der Waals surface area contributed by atoms with Gasteiger partial charge in [-0.05, 0) is 12.1 Å². The maximum absolute atomic E-state index is 12.1. The summed E-state index contributed by atoms with van der Waals surface area (Å²) in [5.74, 6) is 0.390. The van der Waals surface area contributed by atoms with Crippen LogP contribution in [0, 0.1) is 0 Å². The average Bonchev–Trinajstić information content (AvgIpc) is 2.46. The Bertz CT molecular complexity index is 404. The van der Waals surface area contributed by atoms with Crippen LogP contribution < -0.4 is 10.5 Å². The number of rotatable bonds is 9. The number of nitrogens with zero attached hydrogens (tertiary/aromatic N) is 1. The third-order valence-corrected chi connectivity index (χ3v) is 2.75. The van der Waals surface area contributed by atoms with Crippen LogP contribution in [-0.2, 0) is 14.3 Å². The molecule has 0 unspecified atom stereocenters. The second-order valence-corrected chi connectivity index (χ2v) is 4.19. The summed E-state index contributed by atoms with van der Waals surface area (Å²) < 4.78 is 15.4. The molecule has 0 aliphatic rings. The molecule has 0 atom stereocenters. The number of hydrogen-bond donors (Lipinski definition) is 1. The average molecular weight is 282 g/mol. The Labute approximate surface area is 119 Å². The number of ether oxygens (including phenoxy) is 3. The minimum Gasteiger partial charge on any atom is -0.482 e. The number of carbonyl (C=O) groups excluding carboxylic acids is 1. The van der Waals surface area contributed by atoms with E-state index in [2.05, 4.69) is 0 Å². The first kappa shape index (κ1) is 16.3. The smallest absolute Gasteiger partial charge is 0.260 e. The molecule has 0 aliphatic heterocycles. The Morgan fingerprint density at radius 2 is 1.75 bits per heavy atom. The van der Waals surface area contributed by atoms with E-state index in [4.69, 9.17) is 19.9 Å². The van der Waals surface area contributed by atoms with E-state index in [1.807, 2.05) is 12.1 Å². The second kappa shape index (κ2) is 9.17. The third kappa shape index (κ3) is 5.46. The minimum atomic E-state index is -0.123. The molecule has 6 heteroatoms. The predicted octanol–water partition coefficient (Wildman–Crippen LogP) is 0.769. The summed E-state index contributed by atoms with van der Waals surface area (Å²) in [5, 5.41) is 0. The summed E-state index contributed by atoms with van der Waals surface area (Å²) in [5.41, 5.74) is 6.27. The largest absolute Gasteiger partial charge is 0.482 e. The molecule has 1 aromatic rings. The van der Waals surface area contributed by atoms with Gasteiger partial charge < -0.3 is 24.8 Å². The van der Waals surface area contributed by atoms with Gasteiger partial charge in [0, 0.05) is 27.3 Å². The molecule has 1 amide bonds. The Morgan fingerprint density at radius 3 is 2.30 bits per heavy atom. The first-order chi connectivity index (χ1) is 9.69. The number of para-hydroxylation sites is 2. The highest BCUT2D eigenvalue weighted by molar-refractivity contribution is 5.78. The highest BCUT2D eigenvalue weighted by Crippen LogP contribution is 2.19. The van der Waals surface area contributed by atoms with Crippen LogP contribution in [0.4, 0.5) is 5.69 Å². The summed E-state index contributed by atoms with van der Waals surface area (Å²) in [7, 11) is 3.19. The number of amides is 1. The van der Waals surface area contributed by atoms with Crippen LogP contribution >= 0.6 is 0 Å². The molecule has 0 spiro atoms. The van der Waals surface area contributed by atoms with E-state index in [-0.39, 0.29) is 12.5 Å². The van der Waals surface area contributed by atoms with E-state index < -0.39 is 0 Å². The summed E-state index contributed by atoms with van der Waals surface area (Å²) in [6, 6.07) is 7.09. The number of nitrogen functional groups attached to an aromatic ring is 1. The second-order valence-electron chi connectivity index (χ2n) is 4.19. The number of benzene rings is 1. The number of hydrogen-bond acceptors (Lipinski definition) is 5. The van der Waals surface area contributed by atoms with E-state index in [0.29, 0.717) is 37.7 Å². The number of methoxy groups -OCH3 is 2. The van der Waals surface area contributed by atoms with Crippen LogP contribution in [0.25, 0.3) is 0 Å².